The van der Waals surface area contributed by atoms with Crippen molar-refractivity contribution in [2.75, 3.05) is 0 Å². The second-order valence-corrected chi connectivity index (χ2v) is 10.2. The van der Waals surface area contributed by atoms with Crippen LogP contribution >= 0.6 is 38.6 Å². The Morgan fingerprint density at radius 2 is 2.00 bits per heavy atom. The molecule has 0 aromatic heterocycles. The number of benzene rings is 1. The summed E-state index contributed by atoms with van der Waals surface area (Å²) in [5.74, 6) is 2.30. The molecule has 1 aromatic carbocycles. The molecule has 0 amide bonds. The van der Waals surface area contributed by atoms with Gasteiger partial charge in [0.2, 0.25) is 0 Å². The molecule has 1 unspecified atom stereocenters. The third-order valence-corrected chi connectivity index (χ3v) is 9.69. The van der Waals surface area contributed by atoms with E-state index in [0.29, 0.717) is 0 Å². The summed E-state index contributed by atoms with van der Waals surface area (Å²) in [5, 5.41) is 0. The van der Waals surface area contributed by atoms with E-state index in [9.17, 15) is 0 Å². The topological polar surface area (TPSA) is 0 Å². The normalized spacial score (nSPS) is 18.0. The van der Waals surface area contributed by atoms with Gasteiger partial charge < -0.3 is 0 Å². The van der Waals surface area contributed by atoms with Crippen LogP contribution in [0.3, 0.4) is 0 Å². The Morgan fingerprint density at radius 1 is 1.15 bits per heavy atom. The molecule has 2 rings (SSSR count). The summed E-state index contributed by atoms with van der Waals surface area (Å²) in [6, 6.07) is 10.6. The Balaban J connectivity index is 2.06. The Kier molecular flexibility index (Phi) is 3.89. The number of allylic oxidation sites excluding steroid dienone is 2. The van der Waals surface area contributed by atoms with Gasteiger partial charge in [-0.05, 0) is 0 Å². The number of thioether (sulfide) groups is 1. The van der Waals surface area contributed by atoms with Crippen LogP contribution in [0.2, 0.25) is 0 Å². The summed E-state index contributed by atoms with van der Waals surface area (Å²) >= 11 is 2.06. The number of hydrogen-bond acceptors (Lipinski definition) is 1. The van der Waals surface area contributed by atoms with Crippen LogP contribution in [0.25, 0.3) is 0 Å². The van der Waals surface area contributed by atoms with Gasteiger partial charge in [-0.25, -0.2) is 0 Å². The van der Waals surface area contributed by atoms with Crippen LogP contribution in [0.15, 0.2) is 56.1 Å². The second kappa shape index (κ2) is 5.18. The van der Waals surface area contributed by atoms with Crippen LogP contribution in [-0.2, 0) is 0 Å². The Morgan fingerprint density at radius 3 is 2.69 bits per heavy atom. The average Bonchev–Trinajstić information content (AvgIpc) is 2.21. The van der Waals surface area contributed by atoms with Crippen molar-refractivity contribution in [1.82, 2.24) is 0 Å². The third kappa shape index (κ3) is 3.12. The van der Waals surface area contributed by atoms with Crippen LogP contribution < -0.4 is 0 Å². The average molecular weight is 320 g/mol. The van der Waals surface area contributed by atoms with Crippen LogP contribution in [0.1, 0.15) is 0 Å². The molecule has 1 atom stereocenters. The molecule has 1 aliphatic rings. The summed E-state index contributed by atoms with van der Waals surface area (Å²) in [5.41, 5.74) is 0. The van der Waals surface area contributed by atoms with Crippen molar-refractivity contribution in [2.45, 2.75) is 4.90 Å². The van der Waals surface area contributed by atoms with Gasteiger partial charge in [-0.15, -0.1) is 0 Å². The molecule has 0 bridgehead atoms. The molecule has 3 heteroatoms. The summed E-state index contributed by atoms with van der Waals surface area (Å²) in [7, 11) is 0. The van der Waals surface area contributed by atoms with Crippen molar-refractivity contribution in [3.05, 3.63) is 51.2 Å². The quantitative estimate of drug-likeness (QED) is 0.573. The van der Waals surface area contributed by atoms with Crippen molar-refractivity contribution in [1.29, 1.82) is 0 Å². The van der Waals surface area contributed by atoms with Crippen molar-refractivity contribution in [2.24, 2.45) is 0 Å². The van der Waals surface area contributed by atoms with Crippen LogP contribution in [-0.4, -0.2) is 0 Å². The van der Waals surface area contributed by atoms with Crippen molar-refractivity contribution >= 4 is 38.6 Å². The van der Waals surface area contributed by atoms with Gasteiger partial charge in [0.1, 0.15) is 0 Å². The molecule has 1 heterocycles. The van der Waals surface area contributed by atoms with E-state index in [1.807, 2.05) is 11.8 Å². The van der Waals surface area contributed by atoms with E-state index >= 15 is 0 Å². The summed E-state index contributed by atoms with van der Waals surface area (Å²) < 4.78 is 1.61. The van der Waals surface area contributed by atoms with Gasteiger partial charge in [-0.1, -0.05) is 0 Å². The molecule has 0 saturated carbocycles. The van der Waals surface area contributed by atoms with E-state index in [4.69, 9.17) is 0 Å². The molecule has 0 radical (unpaired) electrons. The minimum absolute atomic E-state index is 0.119. The van der Waals surface area contributed by atoms with Gasteiger partial charge in [0, 0.05) is 0 Å². The van der Waals surface area contributed by atoms with Crippen molar-refractivity contribution in [3.8, 4) is 0 Å². The summed E-state index contributed by atoms with van der Waals surface area (Å²) in [6.45, 7) is 0. The van der Waals surface area contributed by atoms with Crippen LogP contribution in [0.5, 0.6) is 0 Å². The van der Waals surface area contributed by atoms with Gasteiger partial charge in [0.15, 0.2) is 0 Å². The Labute approximate surface area is 94.3 Å². The van der Waals surface area contributed by atoms with Crippen molar-refractivity contribution in [3.63, 3.8) is 0 Å². The van der Waals surface area contributed by atoms with Gasteiger partial charge in [-0.3, -0.25) is 0 Å². The van der Waals surface area contributed by atoms with Crippen LogP contribution in [0, 0.1) is 0 Å². The molecular weight excluding hydrogens is 310 g/mol. The van der Waals surface area contributed by atoms with E-state index in [0.717, 1.165) is 6.22 Å². The number of hydrogen-bond donors (Lipinski definition) is 0. The Hall–Kier alpha value is 0.210. The standard InChI is InChI=1S/C10H10IPS/c1-2-5-9(6-3-1)13-10-7-4-8-12-11-10/h1-8,11-12H. The first-order valence-electron chi connectivity index (χ1n) is 3.97. The van der Waals surface area contributed by atoms with E-state index in [2.05, 4.69) is 48.3 Å². The molecule has 13 heavy (non-hydrogen) atoms. The summed E-state index contributed by atoms with van der Waals surface area (Å²) in [4.78, 5) is 1.37. The molecule has 0 nitrogen and oxygen atoms in total. The first-order valence-corrected chi connectivity index (χ1v) is 10.4. The molecule has 0 N–H and O–H groups in total. The predicted molar refractivity (Wildman–Crippen MR) is 73.3 cm³/mol. The maximum absolute atomic E-state index is 2.30. The van der Waals surface area contributed by atoms with Gasteiger partial charge in [-0.2, -0.15) is 0 Å². The first-order chi connectivity index (χ1) is 6.45. The fraction of sp³-hybridized carbons (Fsp3) is 0. The molecule has 1 aliphatic heterocycles. The van der Waals surface area contributed by atoms with E-state index in [-0.39, 0.29) is 20.7 Å². The minimum atomic E-state index is 0.119. The van der Waals surface area contributed by atoms with Gasteiger partial charge in [0.05, 0.1) is 0 Å². The first kappa shape index (κ1) is 9.75. The Bertz CT molecular complexity index is 332. The van der Waals surface area contributed by atoms with E-state index < -0.39 is 0 Å². The molecule has 0 saturated heterocycles. The third-order valence-electron chi connectivity index (χ3n) is 1.52. The number of halogens is 1. The molecule has 68 valence electrons. The number of rotatable bonds is 2. The fourth-order valence-corrected chi connectivity index (χ4v) is 8.14. The van der Waals surface area contributed by atoms with Crippen LogP contribution in [0.4, 0.5) is 0 Å². The molecule has 0 spiro atoms. The zero-order chi connectivity index (χ0) is 8.93. The maximum atomic E-state index is 2.30. The van der Waals surface area contributed by atoms with Gasteiger partial charge in [0.25, 0.3) is 0 Å². The van der Waals surface area contributed by atoms with Crippen molar-refractivity contribution < 1.29 is 0 Å². The summed E-state index contributed by atoms with van der Waals surface area (Å²) in [6.07, 6.45) is 5.56. The monoisotopic (exact) mass is 320 g/mol. The zero-order valence-corrected chi connectivity index (χ0v) is 11.1. The SMILES string of the molecule is C1=CP[IH]C(Sc2ccccc2)=C1. The van der Waals surface area contributed by atoms with Gasteiger partial charge >= 0.3 is 94.7 Å². The van der Waals surface area contributed by atoms with E-state index in [1.165, 1.54) is 4.90 Å². The fourth-order valence-electron chi connectivity index (χ4n) is 0.952. The zero-order valence-electron chi connectivity index (χ0n) is 6.94. The van der Waals surface area contributed by atoms with E-state index in [1.54, 1.807) is 2.91 Å². The molecule has 0 fully saturated rings. The predicted octanol–water partition coefficient (Wildman–Crippen LogP) is 4.44. The molecule has 1 aromatic rings. The molecule has 0 aliphatic carbocycles. The molecular formula is C10H10IPS. The second-order valence-electron chi connectivity index (χ2n) is 2.48.